The van der Waals surface area contributed by atoms with Gasteiger partial charge in [-0.15, -0.1) is 0 Å². The number of aromatic nitrogens is 6. The third kappa shape index (κ3) is 4.28. The molecule has 0 unspecified atom stereocenters. The number of ether oxygens (including phenoxy) is 1. The van der Waals surface area contributed by atoms with Gasteiger partial charge in [-0.05, 0) is 25.0 Å². The minimum absolute atomic E-state index is 0.0371. The number of aryl methyl sites for hydroxylation is 4. The van der Waals surface area contributed by atoms with Crippen LogP contribution in [-0.2, 0) is 36.3 Å². The zero-order valence-electron chi connectivity index (χ0n) is 19.3. The van der Waals surface area contributed by atoms with Crippen LogP contribution in [0, 0.1) is 6.92 Å². The third-order valence-corrected chi connectivity index (χ3v) is 5.82. The predicted molar refractivity (Wildman–Crippen MR) is 126 cm³/mol. The number of rotatable bonds is 8. The van der Waals surface area contributed by atoms with E-state index in [9.17, 15) is 19.2 Å². The summed E-state index contributed by atoms with van der Waals surface area (Å²) in [5.41, 5.74) is 0.769. The summed E-state index contributed by atoms with van der Waals surface area (Å²) in [4.78, 5) is 60.6. The molecule has 3 aromatic heterocycles. The number of hydrogen-bond donors (Lipinski definition) is 1. The highest BCUT2D eigenvalue weighted by molar-refractivity contribution is 5.80. The third-order valence-electron chi connectivity index (χ3n) is 5.82. The first-order valence-electron chi connectivity index (χ1n) is 11.1. The molecular formula is C23H26N6O5. The van der Waals surface area contributed by atoms with Crippen molar-refractivity contribution < 1.29 is 9.53 Å². The van der Waals surface area contributed by atoms with Crippen LogP contribution in [0.1, 0.15) is 37.6 Å². The van der Waals surface area contributed by atoms with Crippen molar-refractivity contribution in [2.45, 2.75) is 52.8 Å². The number of unbranched alkanes of at least 4 members (excludes halogenated alkanes) is 1. The van der Waals surface area contributed by atoms with Gasteiger partial charge in [0.05, 0.1) is 23.7 Å². The number of benzene rings is 1. The summed E-state index contributed by atoms with van der Waals surface area (Å²) in [7, 11) is 1.63. The number of hydrogen-bond acceptors (Lipinski definition) is 7. The largest absolute Gasteiger partial charge is 0.457 e. The van der Waals surface area contributed by atoms with Crippen LogP contribution in [0.3, 0.4) is 0 Å². The highest BCUT2D eigenvalue weighted by Gasteiger charge is 2.17. The quantitative estimate of drug-likeness (QED) is 0.388. The smallest absolute Gasteiger partial charge is 0.330 e. The van der Waals surface area contributed by atoms with E-state index in [1.54, 1.807) is 19.2 Å². The molecule has 11 heteroatoms. The van der Waals surface area contributed by atoms with Gasteiger partial charge in [0.1, 0.15) is 12.4 Å². The summed E-state index contributed by atoms with van der Waals surface area (Å²) in [6.07, 6.45) is 3.02. The van der Waals surface area contributed by atoms with Crippen molar-refractivity contribution in [2.75, 3.05) is 0 Å². The van der Waals surface area contributed by atoms with Gasteiger partial charge in [0.15, 0.2) is 11.2 Å². The lowest BCUT2D eigenvalue weighted by Gasteiger charge is -2.08. The fourth-order valence-electron chi connectivity index (χ4n) is 3.87. The summed E-state index contributed by atoms with van der Waals surface area (Å²) in [5.74, 6) is -0.190. The molecule has 0 bridgehead atoms. The van der Waals surface area contributed by atoms with Crippen LogP contribution < -0.4 is 16.8 Å². The standard InChI is InChI=1S/C23H26N6O5/c1-4-5-10-29-20-19(21(31)26-23(29)33)27(3)16(25-20)12-34-17(30)9-11-28-13-24-18-14(2)7-6-8-15(18)22(28)32/h6-8,13H,4-5,9-12H2,1-3H3,(H,26,31,33). The molecule has 1 N–H and O–H groups in total. The molecule has 0 fully saturated rings. The first-order valence-corrected chi connectivity index (χ1v) is 11.1. The highest BCUT2D eigenvalue weighted by Crippen LogP contribution is 2.13. The maximum absolute atomic E-state index is 12.7. The fourth-order valence-corrected chi connectivity index (χ4v) is 3.87. The first kappa shape index (κ1) is 23.1. The molecule has 0 amide bonds. The van der Waals surface area contributed by atoms with Gasteiger partial charge in [0.25, 0.3) is 11.1 Å². The zero-order chi connectivity index (χ0) is 24.4. The number of nitrogens with one attached hydrogen (secondary N) is 1. The zero-order valence-corrected chi connectivity index (χ0v) is 19.3. The summed E-state index contributed by atoms with van der Waals surface area (Å²) in [6.45, 7) is 4.25. The van der Waals surface area contributed by atoms with E-state index in [4.69, 9.17) is 4.74 Å². The molecule has 0 spiro atoms. The van der Waals surface area contributed by atoms with E-state index in [-0.39, 0.29) is 36.3 Å². The molecule has 0 radical (unpaired) electrons. The molecule has 4 rings (SSSR count). The fraction of sp³-hybridized carbons (Fsp3) is 0.391. The molecule has 0 saturated carbocycles. The Morgan fingerprint density at radius 3 is 2.74 bits per heavy atom. The van der Waals surface area contributed by atoms with Crippen LogP contribution in [0.2, 0.25) is 0 Å². The monoisotopic (exact) mass is 466 g/mol. The lowest BCUT2D eigenvalue weighted by atomic mass is 10.1. The Kier molecular flexibility index (Phi) is 6.44. The summed E-state index contributed by atoms with van der Waals surface area (Å²) < 4.78 is 9.66. The van der Waals surface area contributed by atoms with Crippen molar-refractivity contribution in [1.82, 2.24) is 28.7 Å². The number of carbonyl (C=O) groups excluding carboxylic acids is 1. The second-order valence-corrected chi connectivity index (χ2v) is 8.15. The lowest BCUT2D eigenvalue weighted by molar-refractivity contribution is -0.145. The maximum atomic E-state index is 12.7. The number of esters is 1. The van der Waals surface area contributed by atoms with Crippen molar-refractivity contribution >= 4 is 28.0 Å². The van der Waals surface area contributed by atoms with Crippen molar-refractivity contribution in [3.8, 4) is 0 Å². The molecule has 0 aliphatic carbocycles. The number of para-hydroxylation sites is 1. The van der Waals surface area contributed by atoms with Gasteiger partial charge in [-0.1, -0.05) is 25.5 Å². The number of nitrogens with zero attached hydrogens (tertiary/aromatic N) is 5. The average Bonchev–Trinajstić information content (AvgIpc) is 3.14. The van der Waals surface area contributed by atoms with Crippen LogP contribution in [0.25, 0.3) is 22.1 Å². The van der Waals surface area contributed by atoms with Gasteiger partial charge in [0, 0.05) is 20.1 Å². The minimum atomic E-state index is -0.543. The normalized spacial score (nSPS) is 11.4. The number of aromatic amines is 1. The molecule has 3 heterocycles. The topological polar surface area (TPSA) is 134 Å². The van der Waals surface area contributed by atoms with Crippen molar-refractivity contribution in [3.63, 3.8) is 0 Å². The molecule has 0 aliphatic heterocycles. The Balaban J connectivity index is 1.48. The summed E-state index contributed by atoms with van der Waals surface area (Å²) >= 11 is 0. The first-order chi connectivity index (χ1) is 16.3. The van der Waals surface area contributed by atoms with E-state index in [2.05, 4.69) is 15.0 Å². The lowest BCUT2D eigenvalue weighted by Crippen LogP contribution is -2.31. The van der Waals surface area contributed by atoms with Crippen LogP contribution in [0.4, 0.5) is 0 Å². The molecule has 4 aromatic rings. The summed E-state index contributed by atoms with van der Waals surface area (Å²) in [5, 5.41) is 0.495. The van der Waals surface area contributed by atoms with Crippen molar-refractivity contribution in [1.29, 1.82) is 0 Å². The number of imidazole rings is 1. The minimum Gasteiger partial charge on any atom is -0.457 e. The van der Waals surface area contributed by atoms with Crippen LogP contribution in [-0.4, -0.2) is 34.6 Å². The maximum Gasteiger partial charge on any atom is 0.330 e. The van der Waals surface area contributed by atoms with Gasteiger partial charge in [-0.25, -0.2) is 14.8 Å². The molecule has 11 nitrogen and oxygen atoms in total. The van der Waals surface area contributed by atoms with Crippen molar-refractivity contribution in [3.05, 3.63) is 67.1 Å². The molecule has 178 valence electrons. The van der Waals surface area contributed by atoms with E-state index in [1.807, 2.05) is 19.9 Å². The SMILES string of the molecule is CCCCn1c(=O)[nH]c(=O)c2c1nc(COC(=O)CCn1cnc3c(C)cccc3c1=O)n2C. The number of fused-ring (bicyclic) bond motifs is 2. The van der Waals surface area contributed by atoms with Gasteiger partial charge in [-0.3, -0.25) is 28.5 Å². The Labute approximate surface area is 193 Å². The van der Waals surface area contributed by atoms with Crippen LogP contribution >= 0.6 is 0 Å². The molecule has 0 saturated heterocycles. The number of carbonyl (C=O) groups is 1. The van der Waals surface area contributed by atoms with E-state index in [1.165, 1.54) is 20.0 Å². The Morgan fingerprint density at radius 2 is 1.97 bits per heavy atom. The van der Waals surface area contributed by atoms with E-state index in [0.717, 1.165) is 18.4 Å². The van der Waals surface area contributed by atoms with Gasteiger partial charge < -0.3 is 9.30 Å². The average molecular weight is 466 g/mol. The molecule has 1 aromatic carbocycles. The summed E-state index contributed by atoms with van der Waals surface area (Å²) in [6, 6.07) is 5.39. The van der Waals surface area contributed by atoms with E-state index in [0.29, 0.717) is 23.3 Å². The van der Waals surface area contributed by atoms with Gasteiger partial charge in [0.2, 0.25) is 0 Å². The second-order valence-electron chi connectivity index (χ2n) is 8.15. The Bertz CT molecular complexity index is 1560. The highest BCUT2D eigenvalue weighted by atomic mass is 16.5. The predicted octanol–water partition coefficient (Wildman–Crippen LogP) is 1.38. The Hall–Kier alpha value is -4.02. The van der Waals surface area contributed by atoms with Gasteiger partial charge in [-0.2, -0.15) is 0 Å². The Morgan fingerprint density at radius 1 is 1.18 bits per heavy atom. The van der Waals surface area contributed by atoms with Crippen LogP contribution in [0.15, 0.2) is 38.9 Å². The number of H-pyrrole nitrogens is 1. The van der Waals surface area contributed by atoms with Gasteiger partial charge >= 0.3 is 11.7 Å². The van der Waals surface area contributed by atoms with Crippen molar-refractivity contribution in [2.24, 2.45) is 7.05 Å². The molecule has 0 aliphatic rings. The molecule has 0 atom stereocenters. The van der Waals surface area contributed by atoms with E-state index >= 15 is 0 Å². The van der Waals surface area contributed by atoms with Crippen LogP contribution in [0.5, 0.6) is 0 Å². The molecular weight excluding hydrogens is 440 g/mol. The van der Waals surface area contributed by atoms with E-state index < -0.39 is 17.2 Å². The molecule has 34 heavy (non-hydrogen) atoms. The second kappa shape index (κ2) is 9.46.